The van der Waals surface area contributed by atoms with Crippen LogP contribution in [0.15, 0.2) is 24.3 Å². The summed E-state index contributed by atoms with van der Waals surface area (Å²) in [6, 6.07) is 7.13. The van der Waals surface area contributed by atoms with Crippen molar-refractivity contribution < 1.29 is 47.9 Å². The Morgan fingerprint density at radius 3 is 2.19 bits per heavy atom. The van der Waals surface area contributed by atoms with Crippen molar-refractivity contribution in [2.45, 2.75) is 64.3 Å². The normalized spacial score (nSPS) is 30.8. The van der Waals surface area contributed by atoms with Crippen molar-refractivity contribution in [3.05, 3.63) is 41.0 Å². The van der Waals surface area contributed by atoms with Crippen LogP contribution in [0.25, 0.3) is 0 Å². The van der Waals surface area contributed by atoms with Gasteiger partial charge in [0.15, 0.2) is 23.0 Å². The molecule has 43 heavy (non-hydrogen) atoms. The van der Waals surface area contributed by atoms with E-state index in [9.17, 15) is 14.7 Å². The average Bonchev–Trinajstić information content (AvgIpc) is 3.57. The van der Waals surface area contributed by atoms with E-state index in [1.54, 1.807) is 24.3 Å². The molecule has 0 bridgehead atoms. The van der Waals surface area contributed by atoms with Crippen molar-refractivity contribution in [3.8, 4) is 28.7 Å². The van der Waals surface area contributed by atoms with Crippen LogP contribution < -0.4 is 23.7 Å². The summed E-state index contributed by atoms with van der Waals surface area (Å²) < 4.78 is 40.9. The highest BCUT2D eigenvalue weighted by Crippen LogP contribution is 2.58. The van der Waals surface area contributed by atoms with Gasteiger partial charge in [0.05, 0.1) is 45.2 Å². The zero-order valence-electron chi connectivity index (χ0n) is 25.5. The Labute approximate surface area is 251 Å². The summed E-state index contributed by atoms with van der Waals surface area (Å²) in [6.07, 6.45) is 1.80. The lowest BCUT2D eigenvalue weighted by molar-refractivity contribution is -0.199. The number of cyclic esters (lactones) is 1. The molecule has 2 fully saturated rings. The zero-order chi connectivity index (χ0) is 30.6. The first kappa shape index (κ1) is 29.4. The minimum absolute atomic E-state index is 0.0297. The van der Waals surface area contributed by atoms with Crippen LogP contribution in [0, 0.1) is 29.6 Å². The van der Waals surface area contributed by atoms with Crippen LogP contribution >= 0.6 is 0 Å². The van der Waals surface area contributed by atoms with Gasteiger partial charge in [0.2, 0.25) is 18.8 Å². The SMILES string of the molecule is COc1cc([C@H]2c3cc4c(cc3[C@H](C(=O)O)[C@H]3[C@H](O[C@@H]5C[C@H](C)CC[C@H]5C(C)C)OC(=O)[C@@H]23)OCO4)cc(OC)c1OC. The van der Waals surface area contributed by atoms with Crippen molar-refractivity contribution in [1.82, 2.24) is 0 Å². The minimum Gasteiger partial charge on any atom is -0.493 e. The van der Waals surface area contributed by atoms with Gasteiger partial charge in [-0.05, 0) is 71.6 Å². The first-order chi connectivity index (χ1) is 20.7. The Morgan fingerprint density at radius 2 is 1.60 bits per heavy atom. The summed E-state index contributed by atoms with van der Waals surface area (Å²) in [4.78, 5) is 27.0. The van der Waals surface area contributed by atoms with Gasteiger partial charge in [-0.15, -0.1) is 0 Å². The number of carbonyl (C=O) groups is 2. The molecule has 10 nitrogen and oxygen atoms in total. The van der Waals surface area contributed by atoms with Gasteiger partial charge in [0.1, 0.15) is 0 Å². The van der Waals surface area contributed by atoms with E-state index in [-0.39, 0.29) is 18.8 Å². The molecule has 0 spiro atoms. The monoisotopic (exact) mass is 596 g/mol. The van der Waals surface area contributed by atoms with Gasteiger partial charge < -0.3 is 38.3 Å². The molecule has 0 amide bonds. The number of rotatable bonds is 8. The number of carbonyl (C=O) groups excluding carboxylic acids is 1. The highest BCUT2D eigenvalue weighted by atomic mass is 16.7. The molecule has 4 aliphatic rings. The third kappa shape index (κ3) is 4.93. The van der Waals surface area contributed by atoms with Crippen LogP contribution in [0.1, 0.15) is 68.6 Å². The first-order valence-electron chi connectivity index (χ1n) is 15.0. The van der Waals surface area contributed by atoms with E-state index in [0.717, 1.165) is 19.3 Å². The molecule has 1 saturated heterocycles. The van der Waals surface area contributed by atoms with Crippen LogP contribution in [0.2, 0.25) is 0 Å². The number of carboxylic acid groups (broad SMARTS) is 1. The summed E-state index contributed by atoms with van der Waals surface area (Å²) >= 11 is 0. The lowest BCUT2D eigenvalue weighted by Crippen LogP contribution is -2.44. The van der Waals surface area contributed by atoms with Crippen molar-refractivity contribution in [2.75, 3.05) is 28.1 Å². The molecule has 0 aromatic heterocycles. The van der Waals surface area contributed by atoms with E-state index < -0.39 is 41.9 Å². The first-order valence-corrected chi connectivity index (χ1v) is 15.0. The number of ether oxygens (including phenoxy) is 7. The summed E-state index contributed by atoms with van der Waals surface area (Å²) in [5, 5.41) is 10.7. The molecule has 1 saturated carbocycles. The molecular weight excluding hydrogens is 556 g/mol. The number of carboxylic acids is 1. The van der Waals surface area contributed by atoms with Gasteiger partial charge in [0, 0.05) is 5.92 Å². The van der Waals surface area contributed by atoms with Crippen LogP contribution in [0.4, 0.5) is 0 Å². The van der Waals surface area contributed by atoms with Gasteiger partial charge >= 0.3 is 11.9 Å². The molecule has 8 atom stereocenters. The van der Waals surface area contributed by atoms with Gasteiger partial charge in [0.25, 0.3) is 0 Å². The second-order valence-electron chi connectivity index (χ2n) is 12.5. The van der Waals surface area contributed by atoms with Crippen LogP contribution in [0.3, 0.4) is 0 Å². The molecule has 2 aliphatic carbocycles. The molecule has 2 aromatic carbocycles. The van der Waals surface area contributed by atoms with Crippen LogP contribution in [0.5, 0.6) is 28.7 Å². The second kappa shape index (κ2) is 11.4. The lowest BCUT2D eigenvalue weighted by Gasteiger charge is -2.41. The van der Waals surface area contributed by atoms with Crippen molar-refractivity contribution >= 4 is 11.9 Å². The number of aliphatic carboxylic acids is 1. The number of hydrogen-bond donors (Lipinski definition) is 1. The molecule has 0 unspecified atom stereocenters. The predicted octanol–water partition coefficient (Wildman–Crippen LogP) is 5.35. The maximum absolute atomic E-state index is 13.9. The number of benzene rings is 2. The molecule has 2 aliphatic heterocycles. The lowest BCUT2D eigenvalue weighted by atomic mass is 9.62. The molecular formula is C33H40O10. The van der Waals surface area contributed by atoms with E-state index >= 15 is 0 Å². The highest BCUT2D eigenvalue weighted by Gasteiger charge is 2.60. The van der Waals surface area contributed by atoms with Crippen molar-refractivity contribution in [2.24, 2.45) is 29.6 Å². The Morgan fingerprint density at radius 1 is 0.953 bits per heavy atom. The Bertz CT molecular complexity index is 1380. The Kier molecular flexibility index (Phi) is 7.83. The van der Waals surface area contributed by atoms with Gasteiger partial charge in [-0.25, -0.2) is 0 Å². The van der Waals surface area contributed by atoms with Crippen molar-refractivity contribution in [1.29, 1.82) is 0 Å². The fraction of sp³-hybridized carbons (Fsp3) is 0.576. The zero-order valence-corrected chi connectivity index (χ0v) is 25.5. The van der Waals surface area contributed by atoms with Crippen molar-refractivity contribution in [3.63, 3.8) is 0 Å². The van der Waals surface area contributed by atoms with E-state index in [2.05, 4.69) is 20.8 Å². The summed E-state index contributed by atoms with van der Waals surface area (Å²) in [5.74, 6) is -1.51. The number of esters is 1. The Hall–Kier alpha value is -3.66. The summed E-state index contributed by atoms with van der Waals surface area (Å²) in [5.41, 5.74) is 1.88. The third-order valence-electron chi connectivity index (χ3n) is 9.81. The number of methoxy groups -OCH3 is 3. The van der Waals surface area contributed by atoms with Gasteiger partial charge in [-0.1, -0.05) is 27.2 Å². The fourth-order valence-corrected chi connectivity index (χ4v) is 7.76. The molecule has 6 rings (SSSR count). The molecule has 10 heteroatoms. The minimum atomic E-state index is -1.07. The number of fused-ring (bicyclic) bond motifs is 3. The van der Waals surface area contributed by atoms with Gasteiger partial charge in [-0.2, -0.15) is 0 Å². The van der Waals surface area contributed by atoms with E-state index in [4.69, 9.17) is 33.2 Å². The average molecular weight is 597 g/mol. The Balaban J connectivity index is 1.51. The quantitative estimate of drug-likeness (QED) is 0.400. The smallest absolute Gasteiger partial charge is 0.312 e. The van der Waals surface area contributed by atoms with Crippen LogP contribution in [-0.2, 0) is 19.1 Å². The largest absolute Gasteiger partial charge is 0.493 e. The number of hydrogen-bond acceptors (Lipinski definition) is 9. The topological polar surface area (TPSA) is 119 Å². The second-order valence-corrected chi connectivity index (χ2v) is 12.5. The van der Waals surface area contributed by atoms with E-state index in [1.165, 1.54) is 21.3 Å². The molecule has 2 aromatic rings. The molecule has 1 N–H and O–H groups in total. The van der Waals surface area contributed by atoms with Crippen LogP contribution in [-0.4, -0.2) is 57.6 Å². The maximum Gasteiger partial charge on any atom is 0.312 e. The predicted molar refractivity (Wildman–Crippen MR) is 154 cm³/mol. The molecule has 2 heterocycles. The highest BCUT2D eigenvalue weighted by molar-refractivity contribution is 5.85. The molecule has 0 radical (unpaired) electrons. The maximum atomic E-state index is 13.9. The van der Waals surface area contributed by atoms with Gasteiger partial charge in [-0.3, -0.25) is 9.59 Å². The molecule has 232 valence electrons. The standard InChI is InChI=1S/C33H40O10/c1-15(2)18-8-7-16(3)9-21(18)42-33-29-27(31(34)35)20-13-23-22(40-14-41-23)12-19(20)26(28(29)32(36)43-33)17-10-24(37-4)30(39-6)25(11-17)38-5/h10-13,15-16,18,21,26-29,33H,7-9,14H2,1-6H3,(H,34,35)/t16-,18+,21-,26+,27+,28+,29-,33-/m1/s1. The summed E-state index contributed by atoms with van der Waals surface area (Å²) in [6.45, 7) is 6.60. The summed E-state index contributed by atoms with van der Waals surface area (Å²) in [7, 11) is 4.58. The van der Waals surface area contributed by atoms with E-state index in [1.807, 2.05) is 0 Å². The fourth-order valence-electron chi connectivity index (χ4n) is 7.76. The van der Waals surface area contributed by atoms with E-state index in [0.29, 0.717) is 57.3 Å². The third-order valence-corrected chi connectivity index (χ3v) is 9.81.